The third-order valence-corrected chi connectivity index (χ3v) is 6.74. The zero-order valence-corrected chi connectivity index (χ0v) is 26.4. The maximum atomic E-state index is 12.2. The van der Waals surface area contributed by atoms with Gasteiger partial charge in [-0.05, 0) is 47.4 Å². The summed E-state index contributed by atoms with van der Waals surface area (Å²) in [6, 6.07) is 15.5. The first-order chi connectivity index (χ1) is 20.2. The molecule has 2 aromatic rings. The number of hydrogen-bond acceptors (Lipinski definition) is 7. The van der Waals surface area contributed by atoms with Crippen LogP contribution < -0.4 is 42.5 Å². The summed E-state index contributed by atoms with van der Waals surface area (Å²) < 4.78 is 0. The fourth-order valence-corrected chi connectivity index (χ4v) is 4.43. The van der Waals surface area contributed by atoms with Crippen LogP contribution in [0.2, 0.25) is 5.02 Å². The Labute approximate surface area is 256 Å². The summed E-state index contributed by atoms with van der Waals surface area (Å²) in [6.07, 6.45) is 0. The first kappa shape index (κ1) is 35.5. The second kappa shape index (κ2) is 20.2. The van der Waals surface area contributed by atoms with E-state index in [1.165, 1.54) is 5.56 Å². The largest absolute Gasteiger partial charge is 0.351 e. The molecule has 0 fully saturated rings. The minimum absolute atomic E-state index is 0.00848. The Morgan fingerprint density at radius 2 is 1.29 bits per heavy atom. The summed E-state index contributed by atoms with van der Waals surface area (Å²) in [5.41, 5.74) is 3.19. The van der Waals surface area contributed by atoms with E-state index in [0.29, 0.717) is 42.9 Å². The van der Waals surface area contributed by atoms with Crippen LogP contribution in [0.15, 0.2) is 48.5 Å². The van der Waals surface area contributed by atoms with Gasteiger partial charge in [-0.25, -0.2) is 4.79 Å². The molecular weight excluding hydrogens is 552 g/mol. The summed E-state index contributed by atoms with van der Waals surface area (Å²) in [5.74, 6) is -0.00848. The molecule has 0 saturated heterocycles. The molecule has 0 radical (unpaired) electrons. The number of amides is 3. The van der Waals surface area contributed by atoms with Crippen LogP contribution in [0, 0.1) is 5.41 Å². The lowest BCUT2D eigenvalue weighted by molar-refractivity contribution is -0.120. The molecule has 3 amide bonds. The number of halogens is 1. The van der Waals surface area contributed by atoms with Gasteiger partial charge in [0.1, 0.15) is 0 Å². The van der Waals surface area contributed by atoms with Gasteiger partial charge in [-0.3, -0.25) is 4.79 Å². The van der Waals surface area contributed by atoms with Crippen LogP contribution in [-0.4, -0.2) is 77.4 Å². The van der Waals surface area contributed by atoms with E-state index < -0.39 is 0 Å². The highest BCUT2D eigenvalue weighted by molar-refractivity contribution is 6.30. The van der Waals surface area contributed by atoms with Crippen LogP contribution >= 0.6 is 11.6 Å². The monoisotopic (exact) mass is 602 g/mol. The van der Waals surface area contributed by atoms with E-state index in [9.17, 15) is 9.59 Å². The average molecular weight is 603 g/mol. The zero-order valence-electron chi connectivity index (χ0n) is 25.7. The Balaban J connectivity index is 1.39. The van der Waals surface area contributed by atoms with E-state index in [2.05, 4.69) is 94.5 Å². The third-order valence-electron chi connectivity index (χ3n) is 6.49. The van der Waals surface area contributed by atoms with E-state index in [1.54, 1.807) is 24.3 Å². The first-order valence-electron chi connectivity index (χ1n) is 14.9. The van der Waals surface area contributed by atoms with E-state index in [4.69, 9.17) is 11.6 Å². The highest BCUT2D eigenvalue weighted by Gasteiger charge is 2.25. The van der Waals surface area contributed by atoms with Gasteiger partial charge < -0.3 is 42.5 Å². The number of anilines is 1. The summed E-state index contributed by atoms with van der Waals surface area (Å²) >= 11 is 5.84. The molecule has 0 saturated carbocycles. The van der Waals surface area contributed by atoms with Gasteiger partial charge in [-0.1, -0.05) is 63.6 Å². The van der Waals surface area contributed by atoms with Crippen molar-refractivity contribution in [3.63, 3.8) is 0 Å². The fourth-order valence-electron chi connectivity index (χ4n) is 4.30. The Morgan fingerprint density at radius 1 is 0.738 bits per heavy atom. The fraction of sp³-hybridized carbons (Fsp3) is 0.548. The Kier molecular flexibility index (Phi) is 17.1. The number of nitrogens with one attached hydrogen (secondary N) is 8. The minimum Gasteiger partial charge on any atom is -0.351 e. The van der Waals surface area contributed by atoms with Crippen molar-refractivity contribution in [2.75, 3.05) is 70.8 Å². The molecule has 1 atom stereocenters. The molecular formula is C31H51ClN8O2. The predicted octanol–water partition coefficient (Wildman–Crippen LogP) is 2.83. The van der Waals surface area contributed by atoms with Crippen LogP contribution in [0.4, 0.5) is 10.5 Å². The first-order valence-corrected chi connectivity index (χ1v) is 15.3. The molecule has 10 nitrogen and oxygen atoms in total. The molecule has 234 valence electrons. The van der Waals surface area contributed by atoms with Gasteiger partial charge in [0.2, 0.25) is 5.91 Å². The zero-order chi connectivity index (χ0) is 30.6. The van der Waals surface area contributed by atoms with Crippen molar-refractivity contribution in [3.05, 3.63) is 64.7 Å². The number of urea groups is 1. The van der Waals surface area contributed by atoms with Gasteiger partial charge >= 0.3 is 6.03 Å². The molecule has 8 N–H and O–H groups in total. The van der Waals surface area contributed by atoms with E-state index in [1.807, 2.05) is 0 Å². The highest BCUT2D eigenvalue weighted by Crippen LogP contribution is 2.32. The molecule has 0 aliphatic heterocycles. The standard InChI is InChI=1S/C31H51ClN8O2/c1-5-37-29(31(2,3)4)25-8-6-24(7-9-25)22-39-28(41)23-36-19-18-34-15-14-33-16-17-35-20-21-38-30(42)40-27-12-10-26(32)11-13-27/h6-13,29,33-37H,5,14-23H2,1-4H3,(H,39,41)(H2,38,40,42). The van der Waals surface area contributed by atoms with Gasteiger partial charge in [0, 0.05) is 75.7 Å². The Morgan fingerprint density at radius 3 is 1.83 bits per heavy atom. The highest BCUT2D eigenvalue weighted by atomic mass is 35.5. The molecule has 42 heavy (non-hydrogen) atoms. The SMILES string of the molecule is CCNC(c1ccc(CNC(=O)CNCCNCCNCCNCCNC(=O)Nc2ccc(Cl)cc2)cc1)C(C)(C)C. The summed E-state index contributed by atoms with van der Waals surface area (Å²) in [6.45, 7) is 16.7. The summed E-state index contributed by atoms with van der Waals surface area (Å²) in [5, 5.41) is 25.9. The van der Waals surface area contributed by atoms with Crippen molar-refractivity contribution in [2.45, 2.75) is 40.3 Å². The molecule has 0 aliphatic rings. The van der Waals surface area contributed by atoms with Gasteiger partial charge in [0.05, 0.1) is 6.54 Å². The second-order valence-electron chi connectivity index (χ2n) is 11.2. The lowest BCUT2D eigenvalue weighted by Crippen LogP contribution is -2.39. The van der Waals surface area contributed by atoms with Crippen LogP contribution in [0.3, 0.4) is 0 Å². The Bertz CT molecular complexity index is 1030. The van der Waals surface area contributed by atoms with Crippen molar-refractivity contribution >= 4 is 29.2 Å². The molecule has 0 heterocycles. The van der Waals surface area contributed by atoms with Gasteiger partial charge in [-0.15, -0.1) is 0 Å². The minimum atomic E-state index is -0.241. The molecule has 0 aromatic heterocycles. The molecule has 0 spiro atoms. The number of rotatable bonds is 20. The maximum absolute atomic E-state index is 12.2. The van der Waals surface area contributed by atoms with Gasteiger partial charge in [-0.2, -0.15) is 0 Å². The molecule has 2 aromatic carbocycles. The topological polar surface area (TPSA) is 130 Å². The molecule has 1 unspecified atom stereocenters. The second-order valence-corrected chi connectivity index (χ2v) is 11.6. The molecule has 0 bridgehead atoms. The lowest BCUT2D eigenvalue weighted by atomic mass is 9.82. The van der Waals surface area contributed by atoms with Crippen LogP contribution in [0.25, 0.3) is 0 Å². The van der Waals surface area contributed by atoms with Crippen LogP contribution in [0.5, 0.6) is 0 Å². The van der Waals surface area contributed by atoms with Gasteiger partial charge in [0.15, 0.2) is 0 Å². The summed E-state index contributed by atoms with van der Waals surface area (Å²) in [7, 11) is 0. The van der Waals surface area contributed by atoms with E-state index >= 15 is 0 Å². The van der Waals surface area contributed by atoms with Gasteiger partial charge in [0.25, 0.3) is 0 Å². The maximum Gasteiger partial charge on any atom is 0.319 e. The van der Waals surface area contributed by atoms with Crippen LogP contribution in [-0.2, 0) is 11.3 Å². The normalized spacial score (nSPS) is 12.1. The predicted molar refractivity (Wildman–Crippen MR) is 174 cm³/mol. The number of hydrogen-bond donors (Lipinski definition) is 8. The van der Waals surface area contributed by atoms with Crippen molar-refractivity contribution in [2.24, 2.45) is 5.41 Å². The van der Waals surface area contributed by atoms with Crippen molar-refractivity contribution < 1.29 is 9.59 Å². The average Bonchev–Trinajstić information content (AvgIpc) is 2.96. The van der Waals surface area contributed by atoms with Crippen molar-refractivity contribution in [1.29, 1.82) is 0 Å². The van der Waals surface area contributed by atoms with E-state index in [-0.39, 0.29) is 17.4 Å². The number of carbonyl (C=O) groups excluding carboxylic acids is 2. The van der Waals surface area contributed by atoms with Crippen molar-refractivity contribution in [3.8, 4) is 0 Å². The van der Waals surface area contributed by atoms with Crippen molar-refractivity contribution in [1.82, 2.24) is 37.2 Å². The lowest BCUT2D eigenvalue weighted by Gasteiger charge is -2.32. The molecule has 0 aliphatic carbocycles. The number of benzene rings is 2. The smallest absolute Gasteiger partial charge is 0.319 e. The van der Waals surface area contributed by atoms with Crippen LogP contribution in [0.1, 0.15) is 44.9 Å². The van der Waals surface area contributed by atoms with E-state index in [0.717, 1.165) is 51.4 Å². The molecule has 2 rings (SSSR count). The molecule has 11 heteroatoms. The summed E-state index contributed by atoms with van der Waals surface area (Å²) in [4.78, 5) is 24.0. The number of carbonyl (C=O) groups is 2. The Hall–Kier alpha value is -2.73. The quantitative estimate of drug-likeness (QED) is 0.109. The third kappa shape index (κ3) is 15.5.